The maximum absolute atomic E-state index is 6.13. The normalized spacial score (nSPS) is 11.5. The average molecular weight is 293 g/mol. The van der Waals surface area contributed by atoms with Crippen LogP contribution < -0.4 is 16.2 Å². The molecule has 0 unspecified atom stereocenters. The monoisotopic (exact) mass is 292 g/mol. The second kappa shape index (κ2) is 8.59. The molecule has 0 saturated heterocycles. The van der Waals surface area contributed by atoms with Crippen molar-refractivity contribution in [2.45, 2.75) is 18.9 Å². The molecule has 0 spiro atoms. The lowest BCUT2D eigenvalue weighted by Crippen LogP contribution is -2.12. The second-order valence-corrected chi connectivity index (χ2v) is 4.53. The molecule has 0 saturated carbocycles. The fourth-order valence-corrected chi connectivity index (χ4v) is 1.94. The molecular formula is C16H21ClN2O. The third-order valence-electron chi connectivity index (χ3n) is 2.98. The van der Waals surface area contributed by atoms with Crippen LogP contribution in [0.3, 0.4) is 0 Å². The molecule has 2 aromatic rings. The fraction of sp³-hybridized carbons (Fsp3) is 0.250. The van der Waals surface area contributed by atoms with E-state index in [1.807, 2.05) is 54.6 Å². The molecule has 0 aliphatic carbocycles. The van der Waals surface area contributed by atoms with Crippen molar-refractivity contribution in [3.8, 4) is 11.5 Å². The van der Waals surface area contributed by atoms with E-state index < -0.39 is 0 Å². The highest BCUT2D eigenvalue weighted by Crippen LogP contribution is 2.25. The lowest BCUT2D eigenvalue weighted by atomic mass is 10.0. The van der Waals surface area contributed by atoms with Gasteiger partial charge in [0.15, 0.2) is 0 Å². The zero-order chi connectivity index (χ0) is 13.5. The minimum absolute atomic E-state index is 0. The van der Waals surface area contributed by atoms with Gasteiger partial charge in [-0.15, -0.1) is 12.4 Å². The average Bonchev–Trinajstić information content (AvgIpc) is 2.46. The van der Waals surface area contributed by atoms with Crippen LogP contribution in [0.25, 0.3) is 0 Å². The zero-order valence-corrected chi connectivity index (χ0v) is 12.2. The lowest BCUT2D eigenvalue weighted by Gasteiger charge is -2.13. The molecule has 0 aliphatic rings. The molecule has 2 aromatic carbocycles. The molecular weight excluding hydrogens is 272 g/mol. The summed E-state index contributed by atoms with van der Waals surface area (Å²) in [5.74, 6) is 1.64. The van der Waals surface area contributed by atoms with Crippen molar-refractivity contribution < 1.29 is 4.74 Å². The summed E-state index contributed by atoms with van der Waals surface area (Å²) in [6, 6.07) is 17.7. The highest BCUT2D eigenvalue weighted by atomic mass is 35.5. The molecule has 0 amide bonds. The van der Waals surface area contributed by atoms with E-state index in [1.54, 1.807) is 0 Å². The Bertz CT molecular complexity index is 505. The van der Waals surface area contributed by atoms with Crippen LogP contribution in [-0.4, -0.2) is 6.54 Å². The number of hydrogen-bond acceptors (Lipinski definition) is 3. The fourth-order valence-electron chi connectivity index (χ4n) is 1.94. The van der Waals surface area contributed by atoms with E-state index >= 15 is 0 Å². The van der Waals surface area contributed by atoms with Gasteiger partial charge in [-0.1, -0.05) is 30.3 Å². The Hall–Kier alpha value is -1.55. The van der Waals surface area contributed by atoms with Crippen molar-refractivity contribution >= 4 is 12.4 Å². The number of rotatable bonds is 6. The van der Waals surface area contributed by atoms with Gasteiger partial charge in [-0.25, -0.2) is 0 Å². The van der Waals surface area contributed by atoms with Crippen LogP contribution in [0, 0.1) is 0 Å². The van der Waals surface area contributed by atoms with E-state index in [4.69, 9.17) is 16.2 Å². The third kappa shape index (κ3) is 4.85. The maximum atomic E-state index is 6.13. The van der Waals surface area contributed by atoms with Gasteiger partial charge in [0, 0.05) is 6.04 Å². The van der Waals surface area contributed by atoms with E-state index in [2.05, 4.69) is 0 Å². The molecule has 20 heavy (non-hydrogen) atoms. The number of para-hydroxylation sites is 1. The summed E-state index contributed by atoms with van der Waals surface area (Å²) in [5, 5.41) is 0. The van der Waals surface area contributed by atoms with Gasteiger partial charge in [0.25, 0.3) is 0 Å². The second-order valence-electron chi connectivity index (χ2n) is 4.53. The Labute approximate surface area is 126 Å². The van der Waals surface area contributed by atoms with Gasteiger partial charge < -0.3 is 16.2 Å². The van der Waals surface area contributed by atoms with Crippen molar-refractivity contribution in [2.75, 3.05) is 6.54 Å². The summed E-state index contributed by atoms with van der Waals surface area (Å²) >= 11 is 0. The number of benzene rings is 2. The number of nitrogens with two attached hydrogens (primary N) is 2. The maximum Gasteiger partial charge on any atom is 0.127 e. The van der Waals surface area contributed by atoms with Crippen LogP contribution in [-0.2, 0) is 0 Å². The third-order valence-corrected chi connectivity index (χ3v) is 2.98. The van der Waals surface area contributed by atoms with Gasteiger partial charge in [-0.05, 0) is 49.2 Å². The Morgan fingerprint density at radius 3 is 2.35 bits per heavy atom. The summed E-state index contributed by atoms with van der Waals surface area (Å²) in [6.07, 6.45) is 1.83. The zero-order valence-electron chi connectivity index (χ0n) is 11.4. The Balaban J connectivity index is 0.00000200. The Kier molecular flexibility index (Phi) is 7.09. The number of halogens is 1. The highest BCUT2D eigenvalue weighted by molar-refractivity contribution is 5.85. The number of hydrogen-bond donors (Lipinski definition) is 2. The van der Waals surface area contributed by atoms with Gasteiger partial charge >= 0.3 is 0 Å². The standard InChI is InChI=1S/C16H20N2O.ClH/c17-11-5-10-16(18)13-6-4-9-15(12-13)19-14-7-2-1-3-8-14;/h1-4,6-9,12,16H,5,10-11,17-18H2;1H/t16-;/m1./s1. The van der Waals surface area contributed by atoms with Gasteiger partial charge in [-0.3, -0.25) is 0 Å². The van der Waals surface area contributed by atoms with E-state index in [0.717, 1.165) is 29.9 Å². The molecule has 2 rings (SSSR count). The predicted octanol–water partition coefficient (Wildman–Crippen LogP) is 3.64. The van der Waals surface area contributed by atoms with Gasteiger partial charge in [0.2, 0.25) is 0 Å². The Morgan fingerprint density at radius 2 is 1.65 bits per heavy atom. The van der Waals surface area contributed by atoms with Crippen LogP contribution >= 0.6 is 12.4 Å². The molecule has 0 aromatic heterocycles. The number of ether oxygens (including phenoxy) is 1. The predicted molar refractivity (Wildman–Crippen MR) is 85.4 cm³/mol. The van der Waals surface area contributed by atoms with E-state index in [0.29, 0.717) is 6.54 Å². The molecule has 4 N–H and O–H groups in total. The van der Waals surface area contributed by atoms with Gasteiger partial charge in [0.1, 0.15) is 11.5 Å². The van der Waals surface area contributed by atoms with Crippen LogP contribution in [0.5, 0.6) is 11.5 Å². The van der Waals surface area contributed by atoms with Crippen LogP contribution in [0.15, 0.2) is 54.6 Å². The molecule has 3 nitrogen and oxygen atoms in total. The van der Waals surface area contributed by atoms with Crippen molar-refractivity contribution in [3.05, 3.63) is 60.2 Å². The van der Waals surface area contributed by atoms with Gasteiger partial charge in [-0.2, -0.15) is 0 Å². The topological polar surface area (TPSA) is 61.3 Å². The summed E-state index contributed by atoms with van der Waals surface area (Å²) in [5.41, 5.74) is 12.7. The highest BCUT2D eigenvalue weighted by Gasteiger charge is 2.06. The molecule has 0 bridgehead atoms. The van der Waals surface area contributed by atoms with Crippen LogP contribution in [0.1, 0.15) is 24.4 Å². The smallest absolute Gasteiger partial charge is 0.127 e. The minimum atomic E-state index is 0. The molecule has 0 fully saturated rings. The summed E-state index contributed by atoms with van der Waals surface area (Å²) < 4.78 is 5.79. The first-order chi connectivity index (χ1) is 9.29. The van der Waals surface area contributed by atoms with Crippen molar-refractivity contribution in [1.29, 1.82) is 0 Å². The summed E-state index contributed by atoms with van der Waals surface area (Å²) in [7, 11) is 0. The molecule has 4 heteroatoms. The van der Waals surface area contributed by atoms with Crippen molar-refractivity contribution in [3.63, 3.8) is 0 Å². The SMILES string of the molecule is Cl.NCCC[C@@H](N)c1cccc(Oc2ccccc2)c1. The first kappa shape index (κ1) is 16.5. The molecule has 0 heterocycles. The molecule has 1 atom stereocenters. The van der Waals surface area contributed by atoms with E-state index in [-0.39, 0.29) is 18.4 Å². The van der Waals surface area contributed by atoms with E-state index in [9.17, 15) is 0 Å². The first-order valence-corrected chi connectivity index (χ1v) is 6.58. The van der Waals surface area contributed by atoms with E-state index in [1.165, 1.54) is 0 Å². The summed E-state index contributed by atoms with van der Waals surface area (Å²) in [4.78, 5) is 0. The Morgan fingerprint density at radius 1 is 0.950 bits per heavy atom. The van der Waals surface area contributed by atoms with Crippen LogP contribution in [0.4, 0.5) is 0 Å². The lowest BCUT2D eigenvalue weighted by molar-refractivity contribution is 0.480. The largest absolute Gasteiger partial charge is 0.457 e. The van der Waals surface area contributed by atoms with Crippen LogP contribution in [0.2, 0.25) is 0 Å². The quantitative estimate of drug-likeness (QED) is 0.854. The minimum Gasteiger partial charge on any atom is -0.457 e. The molecule has 0 radical (unpaired) electrons. The van der Waals surface area contributed by atoms with Crippen molar-refractivity contribution in [1.82, 2.24) is 0 Å². The molecule has 108 valence electrons. The molecule has 0 aliphatic heterocycles. The van der Waals surface area contributed by atoms with Gasteiger partial charge in [0.05, 0.1) is 0 Å². The summed E-state index contributed by atoms with van der Waals surface area (Å²) in [6.45, 7) is 0.675. The van der Waals surface area contributed by atoms with Crippen molar-refractivity contribution in [2.24, 2.45) is 11.5 Å². The first-order valence-electron chi connectivity index (χ1n) is 6.58.